The van der Waals surface area contributed by atoms with E-state index >= 15 is 0 Å². The molecule has 0 bridgehead atoms. The Labute approximate surface area is 98.3 Å². The van der Waals surface area contributed by atoms with E-state index in [1.165, 1.54) is 6.07 Å². The number of nitrogens with zero attached hydrogens (tertiary/aromatic N) is 2. The van der Waals surface area contributed by atoms with Crippen LogP contribution < -0.4 is 0 Å². The second-order valence-corrected chi connectivity index (χ2v) is 5.33. The van der Waals surface area contributed by atoms with E-state index in [-0.39, 0.29) is 17.9 Å². The largest absolute Gasteiger partial charge is 0.481 e. The number of para-hydroxylation sites is 1. The maximum Gasteiger partial charge on any atom is 0.305 e. The fourth-order valence-corrected chi connectivity index (χ4v) is 2.87. The van der Waals surface area contributed by atoms with Crippen molar-refractivity contribution in [2.75, 3.05) is 6.54 Å². The summed E-state index contributed by atoms with van der Waals surface area (Å²) in [6.07, 6.45) is 0.897. The zero-order chi connectivity index (χ0) is 12.5. The minimum Gasteiger partial charge on any atom is -0.481 e. The maximum absolute atomic E-state index is 12.1. The zero-order valence-electron chi connectivity index (χ0n) is 8.78. The average molecular weight is 254 g/mol. The highest BCUT2D eigenvalue weighted by atomic mass is 32.2. The van der Waals surface area contributed by atoms with Crippen molar-refractivity contribution in [3.8, 4) is 0 Å². The fraction of sp³-hybridized carbons (Fsp3) is 0.200. The quantitative estimate of drug-likeness (QED) is 0.865. The lowest BCUT2D eigenvalue weighted by Gasteiger charge is -2.23. The van der Waals surface area contributed by atoms with E-state index in [4.69, 9.17) is 5.11 Å². The molecule has 1 aliphatic heterocycles. The second kappa shape index (κ2) is 4.17. The summed E-state index contributed by atoms with van der Waals surface area (Å²) in [7, 11) is -3.66. The minimum absolute atomic E-state index is 0.105. The predicted octanol–water partition coefficient (Wildman–Crippen LogP) is 0.825. The lowest BCUT2D eigenvalue weighted by molar-refractivity contribution is -0.137. The first-order valence-electron chi connectivity index (χ1n) is 4.88. The third-order valence-electron chi connectivity index (χ3n) is 2.32. The van der Waals surface area contributed by atoms with E-state index in [2.05, 4.69) is 4.99 Å². The van der Waals surface area contributed by atoms with E-state index in [9.17, 15) is 13.2 Å². The third-order valence-corrected chi connectivity index (χ3v) is 4.12. The normalized spacial score (nSPS) is 16.6. The van der Waals surface area contributed by atoms with E-state index in [0.717, 1.165) is 10.6 Å². The van der Waals surface area contributed by atoms with E-state index in [1.807, 2.05) is 0 Å². The number of carbonyl (C=O) groups is 1. The Balaban J connectivity index is 2.34. The Morgan fingerprint density at radius 1 is 1.35 bits per heavy atom. The first kappa shape index (κ1) is 11.6. The number of aliphatic carboxylic acids is 1. The first-order chi connectivity index (χ1) is 8.01. The van der Waals surface area contributed by atoms with Crippen molar-refractivity contribution >= 4 is 28.0 Å². The molecule has 0 saturated carbocycles. The number of benzene rings is 1. The Bertz CT molecular complexity index is 580. The number of carboxylic acids is 1. The van der Waals surface area contributed by atoms with Crippen LogP contribution in [0.1, 0.15) is 6.42 Å². The molecule has 7 heteroatoms. The van der Waals surface area contributed by atoms with Crippen LogP contribution in [0.4, 0.5) is 5.69 Å². The summed E-state index contributed by atoms with van der Waals surface area (Å²) >= 11 is 0. The van der Waals surface area contributed by atoms with Crippen LogP contribution in [0.2, 0.25) is 0 Å². The van der Waals surface area contributed by atoms with Gasteiger partial charge < -0.3 is 5.11 Å². The van der Waals surface area contributed by atoms with Crippen molar-refractivity contribution in [2.45, 2.75) is 11.3 Å². The number of aliphatic imine (C=N–C) groups is 1. The topological polar surface area (TPSA) is 87.0 Å². The summed E-state index contributed by atoms with van der Waals surface area (Å²) in [5.41, 5.74) is 0.374. The molecule has 1 aromatic carbocycles. The van der Waals surface area contributed by atoms with Gasteiger partial charge in [-0.25, -0.2) is 13.4 Å². The molecule has 17 heavy (non-hydrogen) atoms. The summed E-state index contributed by atoms with van der Waals surface area (Å²) in [4.78, 5) is 14.5. The number of sulfonamides is 1. The van der Waals surface area contributed by atoms with Crippen molar-refractivity contribution in [3.63, 3.8) is 0 Å². The van der Waals surface area contributed by atoms with Crippen molar-refractivity contribution in [2.24, 2.45) is 4.99 Å². The molecule has 0 aromatic heterocycles. The van der Waals surface area contributed by atoms with Crippen molar-refractivity contribution in [1.29, 1.82) is 0 Å². The van der Waals surface area contributed by atoms with Crippen LogP contribution in [0.15, 0.2) is 34.2 Å². The lowest BCUT2D eigenvalue weighted by Crippen LogP contribution is -2.33. The molecule has 0 radical (unpaired) electrons. The summed E-state index contributed by atoms with van der Waals surface area (Å²) in [6, 6.07) is 6.35. The monoisotopic (exact) mass is 254 g/mol. The van der Waals surface area contributed by atoms with Gasteiger partial charge in [-0.15, -0.1) is 0 Å². The van der Waals surface area contributed by atoms with Gasteiger partial charge in [0, 0.05) is 6.54 Å². The van der Waals surface area contributed by atoms with Gasteiger partial charge in [-0.05, 0) is 12.1 Å². The molecule has 1 heterocycles. The third kappa shape index (κ3) is 2.14. The summed E-state index contributed by atoms with van der Waals surface area (Å²) in [6.45, 7) is -0.116. The molecule has 0 amide bonds. The summed E-state index contributed by atoms with van der Waals surface area (Å²) in [5.74, 6) is -1.05. The predicted molar refractivity (Wildman–Crippen MR) is 60.7 cm³/mol. The molecule has 0 aliphatic carbocycles. The van der Waals surface area contributed by atoms with Crippen molar-refractivity contribution in [3.05, 3.63) is 24.3 Å². The van der Waals surface area contributed by atoms with Gasteiger partial charge >= 0.3 is 5.97 Å². The van der Waals surface area contributed by atoms with Crippen LogP contribution in [0, 0.1) is 0 Å². The lowest BCUT2D eigenvalue weighted by atomic mass is 10.3. The Hall–Kier alpha value is -1.89. The smallest absolute Gasteiger partial charge is 0.305 e. The van der Waals surface area contributed by atoms with Gasteiger partial charge in [0.2, 0.25) is 0 Å². The van der Waals surface area contributed by atoms with Crippen LogP contribution in [-0.4, -0.2) is 36.7 Å². The molecule has 0 saturated heterocycles. The van der Waals surface area contributed by atoms with Gasteiger partial charge in [0.25, 0.3) is 10.0 Å². The average Bonchev–Trinajstić information content (AvgIpc) is 2.28. The molecule has 2 rings (SSSR count). The zero-order valence-corrected chi connectivity index (χ0v) is 9.59. The highest BCUT2D eigenvalue weighted by Gasteiger charge is 2.28. The van der Waals surface area contributed by atoms with E-state index < -0.39 is 16.0 Å². The van der Waals surface area contributed by atoms with Crippen molar-refractivity contribution in [1.82, 2.24) is 4.31 Å². The molecule has 1 aromatic rings. The molecule has 0 unspecified atom stereocenters. The molecule has 90 valence electrons. The number of rotatable bonds is 3. The van der Waals surface area contributed by atoms with Crippen LogP contribution in [0.5, 0.6) is 0 Å². The number of hydrogen-bond donors (Lipinski definition) is 1. The molecular weight excluding hydrogens is 244 g/mol. The van der Waals surface area contributed by atoms with Gasteiger partial charge in [-0.2, -0.15) is 0 Å². The van der Waals surface area contributed by atoms with Crippen LogP contribution in [-0.2, 0) is 14.8 Å². The standard InChI is InChI=1S/C10H10N2O4S/c13-10(14)5-6-12-7-11-8-3-1-2-4-9(8)17(12,15)16/h1-4,7H,5-6H2,(H,13,14). The minimum atomic E-state index is -3.66. The summed E-state index contributed by atoms with van der Waals surface area (Å²) in [5, 5.41) is 8.54. The molecule has 1 aliphatic rings. The fourth-order valence-electron chi connectivity index (χ4n) is 1.48. The summed E-state index contributed by atoms with van der Waals surface area (Å²) < 4.78 is 25.1. The Kier molecular flexibility index (Phi) is 2.84. The molecule has 1 N–H and O–H groups in total. The molecule has 0 spiro atoms. The highest BCUT2D eigenvalue weighted by Crippen LogP contribution is 2.29. The van der Waals surface area contributed by atoms with Gasteiger partial charge in [-0.1, -0.05) is 12.1 Å². The van der Waals surface area contributed by atoms with Gasteiger partial charge in [0.15, 0.2) is 0 Å². The second-order valence-electron chi connectivity index (χ2n) is 3.47. The number of carboxylic acid groups (broad SMARTS) is 1. The van der Waals surface area contributed by atoms with Gasteiger partial charge in [-0.3, -0.25) is 9.10 Å². The number of hydrogen-bond acceptors (Lipinski definition) is 4. The maximum atomic E-state index is 12.1. The van der Waals surface area contributed by atoms with Crippen molar-refractivity contribution < 1.29 is 18.3 Å². The van der Waals surface area contributed by atoms with Gasteiger partial charge in [0.1, 0.15) is 11.2 Å². The Morgan fingerprint density at radius 3 is 2.76 bits per heavy atom. The van der Waals surface area contributed by atoms with Crippen LogP contribution >= 0.6 is 0 Å². The highest BCUT2D eigenvalue weighted by molar-refractivity contribution is 7.89. The molecule has 0 fully saturated rings. The molecule has 0 atom stereocenters. The van der Waals surface area contributed by atoms with E-state index in [1.54, 1.807) is 18.2 Å². The van der Waals surface area contributed by atoms with Crippen LogP contribution in [0.3, 0.4) is 0 Å². The molecule has 6 nitrogen and oxygen atoms in total. The molecular formula is C10H10N2O4S. The number of fused-ring (bicyclic) bond motifs is 1. The SMILES string of the molecule is O=C(O)CCN1C=Nc2ccccc2S1(=O)=O. The first-order valence-corrected chi connectivity index (χ1v) is 6.32. The van der Waals surface area contributed by atoms with Gasteiger partial charge in [0.05, 0.1) is 12.1 Å². The Morgan fingerprint density at radius 2 is 2.06 bits per heavy atom. The van der Waals surface area contributed by atoms with E-state index in [0.29, 0.717) is 5.69 Å². The van der Waals surface area contributed by atoms with Crippen LogP contribution in [0.25, 0.3) is 0 Å².